The van der Waals surface area contributed by atoms with Gasteiger partial charge in [0.05, 0.1) is 6.54 Å². The van der Waals surface area contributed by atoms with Gasteiger partial charge in [0.25, 0.3) is 0 Å². The van der Waals surface area contributed by atoms with Gasteiger partial charge in [-0.1, -0.05) is 0 Å². The Hall–Kier alpha value is -1.10. The Morgan fingerprint density at radius 2 is 1.72 bits per heavy atom. The first-order valence-electron chi connectivity index (χ1n) is 6.39. The molecule has 102 valence electrons. The second-order valence-corrected chi connectivity index (χ2v) is 6.68. The summed E-state index contributed by atoms with van der Waals surface area (Å²) in [7, 11) is 0. The van der Waals surface area contributed by atoms with Gasteiger partial charge in [0.1, 0.15) is 11.4 Å². The molecule has 0 bridgehead atoms. The summed E-state index contributed by atoms with van der Waals surface area (Å²) in [5.41, 5.74) is -0.202. The van der Waals surface area contributed by atoms with Crippen LogP contribution in [0.25, 0.3) is 0 Å². The number of ketones is 1. The van der Waals surface area contributed by atoms with Crippen LogP contribution in [-0.2, 0) is 9.53 Å². The van der Waals surface area contributed by atoms with Crippen LogP contribution in [0.1, 0.15) is 27.7 Å². The summed E-state index contributed by atoms with van der Waals surface area (Å²) in [6.07, 6.45) is -0.224. The fourth-order valence-electron chi connectivity index (χ4n) is 2.75. The lowest BCUT2D eigenvalue weighted by Crippen LogP contribution is -2.73. The number of hydrogen-bond donors (Lipinski definition) is 0. The third-order valence-electron chi connectivity index (χ3n) is 3.27. The Kier molecular flexibility index (Phi) is 3.13. The lowest BCUT2D eigenvalue weighted by Gasteiger charge is -2.59. The van der Waals surface area contributed by atoms with Crippen molar-refractivity contribution in [2.24, 2.45) is 5.41 Å². The Labute approximate surface area is 108 Å². The zero-order chi connectivity index (χ0) is 13.6. The van der Waals surface area contributed by atoms with Crippen LogP contribution >= 0.6 is 0 Å². The highest BCUT2D eigenvalue weighted by Crippen LogP contribution is 2.39. The molecule has 0 N–H and O–H groups in total. The molecule has 0 atom stereocenters. The minimum atomic E-state index is -0.430. The van der Waals surface area contributed by atoms with E-state index in [0.29, 0.717) is 6.54 Å². The fourth-order valence-corrected chi connectivity index (χ4v) is 2.75. The smallest absolute Gasteiger partial charge is 0.410 e. The average molecular weight is 254 g/mol. The van der Waals surface area contributed by atoms with Gasteiger partial charge in [-0.3, -0.25) is 9.69 Å². The molecule has 1 amide bonds. The average Bonchev–Trinajstić information content (AvgIpc) is 2.02. The van der Waals surface area contributed by atoms with E-state index in [1.54, 1.807) is 11.8 Å². The standard InChI is InChI=1S/C13H22N2O3/c1-10(16)5-14-6-13(7-14)8-15(9-13)11(17)18-12(2,3)4/h5-9H2,1-4H3. The fraction of sp³-hybridized carbons (Fsp3) is 0.846. The number of likely N-dealkylation sites (tertiary alicyclic amines) is 2. The molecule has 2 aliphatic rings. The zero-order valence-electron chi connectivity index (χ0n) is 11.7. The molecule has 0 aromatic rings. The van der Waals surface area contributed by atoms with Crippen molar-refractivity contribution in [2.45, 2.75) is 33.3 Å². The first-order chi connectivity index (χ1) is 8.19. The molecule has 2 fully saturated rings. The van der Waals surface area contributed by atoms with Gasteiger partial charge in [-0.05, 0) is 27.7 Å². The molecule has 18 heavy (non-hydrogen) atoms. The number of rotatable bonds is 2. The maximum absolute atomic E-state index is 11.8. The second-order valence-electron chi connectivity index (χ2n) is 6.68. The van der Waals surface area contributed by atoms with E-state index in [9.17, 15) is 9.59 Å². The Morgan fingerprint density at radius 3 is 2.17 bits per heavy atom. The normalized spacial score (nSPS) is 22.3. The Balaban J connectivity index is 1.72. The first kappa shape index (κ1) is 13.3. The number of Topliss-reactive ketones (excluding diaryl/α,β-unsaturated/α-hetero) is 1. The van der Waals surface area contributed by atoms with Gasteiger partial charge in [0, 0.05) is 31.6 Å². The van der Waals surface area contributed by atoms with E-state index in [-0.39, 0.29) is 17.3 Å². The van der Waals surface area contributed by atoms with Crippen LogP contribution in [0.15, 0.2) is 0 Å². The highest BCUT2D eigenvalue weighted by molar-refractivity contribution is 5.77. The van der Waals surface area contributed by atoms with Crippen molar-refractivity contribution in [3.63, 3.8) is 0 Å². The van der Waals surface area contributed by atoms with Gasteiger partial charge in [0.15, 0.2) is 0 Å². The van der Waals surface area contributed by atoms with Crippen molar-refractivity contribution in [1.82, 2.24) is 9.80 Å². The lowest BCUT2D eigenvalue weighted by atomic mass is 9.73. The molecule has 0 aromatic carbocycles. The van der Waals surface area contributed by atoms with E-state index in [4.69, 9.17) is 4.74 Å². The summed E-state index contributed by atoms with van der Waals surface area (Å²) >= 11 is 0. The van der Waals surface area contributed by atoms with Crippen molar-refractivity contribution in [3.05, 3.63) is 0 Å². The molecule has 0 aromatic heterocycles. The minimum Gasteiger partial charge on any atom is -0.444 e. The molecule has 2 rings (SSSR count). The molecule has 0 saturated carbocycles. The van der Waals surface area contributed by atoms with Crippen LogP contribution in [0, 0.1) is 5.41 Å². The number of ether oxygens (including phenoxy) is 1. The molecule has 2 saturated heterocycles. The Morgan fingerprint density at radius 1 is 1.17 bits per heavy atom. The zero-order valence-corrected chi connectivity index (χ0v) is 11.7. The van der Waals surface area contributed by atoms with Crippen LogP contribution in [0.3, 0.4) is 0 Å². The van der Waals surface area contributed by atoms with Crippen LogP contribution in [0.4, 0.5) is 4.79 Å². The Bertz CT molecular complexity index is 359. The predicted octanol–water partition coefficient (Wildman–Crippen LogP) is 1.13. The molecule has 2 heterocycles. The van der Waals surface area contributed by atoms with Crippen LogP contribution in [0.5, 0.6) is 0 Å². The van der Waals surface area contributed by atoms with Crippen molar-refractivity contribution in [3.8, 4) is 0 Å². The molecular formula is C13H22N2O3. The first-order valence-corrected chi connectivity index (χ1v) is 6.39. The molecule has 0 unspecified atom stereocenters. The van der Waals surface area contributed by atoms with Crippen molar-refractivity contribution in [1.29, 1.82) is 0 Å². The number of carbonyl (C=O) groups excluding carboxylic acids is 2. The van der Waals surface area contributed by atoms with Gasteiger partial charge >= 0.3 is 6.09 Å². The van der Waals surface area contributed by atoms with E-state index in [1.165, 1.54) is 0 Å². The van der Waals surface area contributed by atoms with Gasteiger partial charge in [-0.25, -0.2) is 4.79 Å². The molecule has 1 spiro atoms. The topological polar surface area (TPSA) is 49.9 Å². The molecule has 2 aliphatic heterocycles. The van der Waals surface area contributed by atoms with Gasteiger partial charge < -0.3 is 9.64 Å². The van der Waals surface area contributed by atoms with Crippen LogP contribution in [-0.4, -0.2) is 60.0 Å². The third kappa shape index (κ3) is 2.83. The molecular weight excluding hydrogens is 232 g/mol. The van der Waals surface area contributed by atoms with E-state index >= 15 is 0 Å². The van der Waals surface area contributed by atoms with Gasteiger partial charge in [-0.2, -0.15) is 0 Å². The van der Waals surface area contributed by atoms with E-state index in [2.05, 4.69) is 4.90 Å². The second kappa shape index (κ2) is 4.23. The van der Waals surface area contributed by atoms with Crippen molar-refractivity contribution < 1.29 is 14.3 Å². The minimum absolute atomic E-state index is 0.202. The van der Waals surface area contributed by atoms with Gasteiger partial charge in [0.2, 0.25) is 0 Å². The number of nitrogens with zero attached hydrogens (tertiary/aromatic N) is 2. The van der Waals surface area contributed by atoms with Crippen LogP contribution in [0.2, 0.25) is 0 Å². The number of carbonyl (C=O) groups is 2. The lowest BCUT2D eigenvalue weighted by molar-refractivity contribution is -0.132. The summed E-state index contributed by atoms with van der Waals surface area (Å²) in [6, 6.07) is 0. The molecule has 5 heteroatoms. The van der Waals surface area contributed by atoms with Crippen molar-refractivity contribution >= 4 is 11.9 Å². The maximum atomic E-state index is 11.8. The highest BCUT2D eigenvalue weighted by Gasteiger charge is 2.53. The number of hydrogen-bond acceptors (Lipinski definition) is 4. The summed E-state index contributed by atoms with van der Waals surface area (Å²) in [4.78, 5) is 26.6. The summed E-state index contributed by atoms with van der Waals surface area (Å²) in [6.45, 7) is 11.1. The highest BCUT2D eigenvalue weighted by atomic mass is 16.6. The maximum Gasteiger partial charge on any atom is 0.410 e. The summed E-state index contributed by atoms with van der Waals surface area (Å²) in [5.74, 6) is 0.202. The van der Waals surface area contributed by atoms with E-state index < -0.39 is 5.60 Å². The molecule has 5 nitrogen and oxygen atoms in total. The number of amides is 1. The van der Waals surface area contributed by atoms with Gasteiger partial charge in [-0.15, -0.1) is 0 Å². The quantitative estimate of drug-likeness (QED) is 0.741. The predicted molar refractivity (Wildman–Crippen MR) is 67.4 cm³/mol. The molecule has 0 radical (unpaired) electrons. The van der Waals surface area contributed by atoms with Crippen molar-refractivity contribution in [2.75, 3.05) is 32.7 Å². The third-order valence-corrected chi connectivity index (χ3v) is 3.27. The largest absolute Gasteiger partial charge is 0.444 e. The summed E-state index contributed by atoms with van der Waals surface area (Å²) < 4.78 is 5.31. The van der Waals surface area contributed by atoms with E-state index in [0.717, 1.165) is 26.2 Å². The monoisotopic (exact) mass is 254 g/mol. The summed E-state index contributed by atoms with van der Waals surface area (Å²) in [5, 5.41) is 0. The molecule has 0 aliphatic carbocycles. The SMILES string of the molecule is CC(=O)CN1CC2(C1)CN(C(=O)OC(C)(C)C)C2. The van der Waals surface area contributed by atoms with E-state index in [1.807, 2.05) is 20.8 Å². The van der Waals surface area contributed by atoms with Crippen LogP contribution < -0.4 is 0 Å².